The summed E-state index contributed by atoms with van der Waals surface area (Å²) in [6.45, 7) is 1.07. The molecule has 0 amide bonds. The molecule has 4 aromatic rings. The molecular weight excluding hydrogens is 422 g/mol. The number of nitrogens with zero attached hydrogens (tertiary/aromatic N) is 5. The third-order valence-electron chi connectivity index (χ3n) is 5.12. The van der Waals surface area contributed by atoms with Crippen LogP contribution in [0.1, 0.15) is 23.2 Å². The van der Waals surface area contributed by atoms with Crippen molar-refractivity contribution in [3.63, 3.8) is 0 Å². The van der Waals surface area contributed by atoms with Crippen molar-refractivity contribution < 1.29 is 18.1 Å². The maximum Gasteiger partial charge on any atom is 0.439 e. The number of hydrogen-bond acceptors (Lipinski definition) is 7. The number of pyridine rings is 2. The topological polar surface area (TPSA) is 110 Å². The summed E-state index contributed by atoms with van der Waals surface area (Å²) in [6, 6.07) is 5.42. The van der Waals surface area contributed by atoms with Crippen LogP contribution in [0.3, 0.4) is 0 Å². The van der Waals surface area contributed by atoms with Gasteiger partial charge in [-0.25, -0.2) is 18.6 Å². The molecule has 5 rings (SSSR count). The quantitative estimate of drug-likeness (QED) is 0.486. The van der Waals surface area contributed by atoms with Crippen LogP contribution in [0.25, 0.3) is 28.1 Å². The zero-order valence-corrected chi connectivity index (χ0v) is 17.2. The van der Waals surface area contributed by atoms with E-state index in [1.807, 2.05) is 28.8 Å². The van der Waals surface area contributed by atoms with E-state index in [4.69, 9.17) is 0 Å². The molecule has 0 bridgehead atoms. The normalized spacial score (nSPS) is 15.8. The van der Waals surface area contributed by atoms with Gasteiger partial charge in [0.25, 0.3) is 5.92 Å². The molecule has 0 spiro atoms. The lowest BCUT2D eigenvalue weighted by Crippen LogP contribution is -2.36. The number of alkyl halides is 2. The van der Waals surface area contributed by atoms with Crippen molar-refractivity contribution in [2.24, 2.45) is 0 Å². The largest absolute Gasteiger partial charge is 0.439 e. The van der Waals surface area contributed by atoms with Crippen molar-refractivity contribution >= 4 is 17.3 Å². The molecule has 9 nitrogen and oxygen atoms in total. The second kappa shape index (κ2) is 8.79. The zero-order chi connectivity index (χ0) is 22.7. The number of aromatic nitrogens is 5. The average Bonchev–Trinajstić information content (AvgIpc) is 3.42. The highest BCUT2D eigenvalue weighted by atomic mass is 19.3. The molecule has 1 aliphatic rings. The Labute approximate surface area is 180 Å². The smallest absolute Gasteiger partial charge is 0.306 e. The Morgan fingerprint density at radius 1 is 1.19 bits per heavy atom. The Hall–Kier alpha value is -3.73. The summed E-state index contributed by atoms with van der Waals surface area (Å²) in [5.74, 6) is -2.70. The van der Waals surface area contributed by atoms with Crippen molar-refractivity contribution in [3.8, 4) is 17.1 Å². The minimum absolute atomic E-state index is 0.0312. The van der Waals surface area contributed by atoms with E-state index in [0.29, 0.717) is 35.7 Å². The number of nitrogens with one attached hydrogen (secondary N) is 1. The summed E-state index contributed by atoms with van der Waals surface area (Å²) in [5, 5.41) is 4.49. The SMILES string of the molecule is CN1CCC(F)(F)CC1.O=Cc1cnc2c(ccn2-c2cncc(-c3noc(=O)[nH]3)c2)c1. The first kappa shape index (κ1) is 21.5. The number of aldehydes is 1. The number of piperidine rings is 1. The number of aromatic amines is 1. The third kappa shape index (κ3) is 4.78. The predicted molar refractivity (Wildman–Crippen MR) is 112 cm³/mol. The number of fused-ring (bicyclic) bond motifs is 1. The molecule has 1 aliphatic heterocycles. The van der Waals surface area contributed by atoms with Crippen LogP contribution in [-0.2, 0) is 0 Å². The highest BCUT2D eigenvalue weighted by Crippen LogP contribution is 2.26. The number of carbonyl (C=O) groups excluding carboxylic acids is 1. The molecule has 0 unspecified atom stereocenters. The lowest BCUT2D eigenvalue weighted by molar-refractivity contribution is -0.0504. The molecule has 32 heavy (non-hydrogen) atoms. The van der Waals surface area contributed by atoms with E-state index in [1.165, 1.54) is 6.20 Å². The summed E-state index contributed by atoms with van der Waals surface area (Å²) >= 11 is 0. The Bertz CT molecular complexity index is 1290. The summed E-state index contributed by atoms with van der Waals surface area (Å²) in [5.41, 5.74) is 2.57. The van der Waals surface area contributed by atoms with Gasteiger partial charge in [-0.1, -0.05) is 5.16 Å². The van der Waals surface area contributed by atoms with E-state index in [2.05, 4.69) is 24.6 Å². The minimum atomic E-state index is -2.38. The van der Waals surface area contributed by atoms with E-state index < -0.39 is 11.7 Å². The van der Waals surface area contributed by atoms with Crippen molar-refractivity contribution in [3.05, 3.63) is 59.1 Å². The number of likely N-dealkylation sites (tertiary alicyclic amines) is 1. The van der Waals surface area contributed by atoms with Crippen LogP contribution in [0.2, 0.25) is 0 Å². The molecular formula is C21H20F2N6O3. The van der Waals surface area contributed by atoms with Crippen LogP contribution in [0.5, 0.6) is 0 Å². The molecule has 1 saturated heterocycles. The van der Waals surface area contributed by atoms with Gasteiger partial charge >= 0.3 is 5.76 Å². The van der Waals surface area contributed by atoms with Gasteiger partial charge in [-0.2, -0.15) is 0 Å². The number of rotatable bonds is 3. The first-order valence-electron chi connectivity index (χ1n) is 9.85. The standard InChI is InChI=1S/C15H9N5O3.C6H11F2N/c21-8-9-3-10-1-2-20(14(10)17-5-9)12-4-11(6-16-7-12)13-18-15(22)23-19-13;1-9-4-2-6(7,8)3-5-9/h1-8H,(H,18,19,22);2-5H2,1H3. The number of halogens is 2. The highest BCUT2D eigenvalue weighted by Gasteiger charge is 2.32. The number of carbonyl (C=O) groups is 1. The van der Waals surface area contributed by atoms with E-state index in [-0.39, 0.29) is 12.8 Å². The Kier molecular flexibility index (Phi) is 5.91. The molecule has 0 radical (unpaired) electrons. The highest BCUT2D eigenvalue weighted by molar-refractivity contribution is 5.85. The summed E-state index contributed by atoms with van der Waals surface area (Å²) in [6.07, 6.45) is 7.40. The van der Waals surface area contributed by atoms with Gasteiger partial charge in [0.2, 0.25) is 0 Å². The average molecular weight is 442 g/mol. The van der Waals surface area contributed by atoms with Gasteiger partial charge in [-0.15, -0.1) is 0 Å². The molecule has 166 valence electrons. The van der Waals surface area contributed by atoms with Crippen molar-refractivity contribution in [2.75, 3.05) is 20.1 Å². The van der Waals surface area contributed by atoms with E-state index >= 15 is 0 Å². The summed E-state index contributed by atoms with van der Waals surface area (Å²) in [4.78, 5) is 34.8. The lowest BCUT2D eigenvalue weighted by Gasteiger charge is -2.28. The summed E-state index contributed by atoms with van der Waals surface area (Å²) in [7, 11) is 1.87. The monoisotopic (exact) mass is 442 g/mol. The molecule has 0 aromatic carbocycles. The van der Waals surface area contributed by atoms with Crippen molar-refractivity contribution in [1.29, 1.82) is 0 Å². The van der Waals surface area contributed by atoms with Crippen molar-refractivity contribution in [2.45, 2.75) is 18.8 Å². The van der Waals surface area contributed by atoms with Crippen LogP contribution >= 0.6 is 0 Å². The molecule has 0 saturated carbocycles. The minimum Gasteiger partial charge on any atom is -0.306 e. The summed E-state index contributed by atoms with van der Waals surface area (Å²) < 4.78 is 31.0. The van der Waals surface area contributed by atoms with Gasteiger partial charge in [-0.05, 0) is 25.2 Å². The van der Waals surface area contributed by atoms with Crippen LogP contribution in [-0.4, -0.2) is 61.9 Å². The Morgan fingerprint density at radius 2 is 1.97 bits per heavy atom. The molecule has 0 aliphatic carbocycles. The first-order chi connectivity index (χ1) is 15.3. The molecule has 11 heteroatoms. The maximum absolute atomic E-state index is 12.4. The first-order valence-corrected chi connectivity index (χ1v) is 9.85. The predicted octanol–water partition coefficient (Wildman–Crippen LogP) is 2.92. The van der Waals surface area contributed by atoms with E-state index in [9.17, 15) is 18.4 Å². The van der Waals surface area contributed by atoms with Crippen LogP contribution in [0.15, 0.2) is 52.3 Å². The zero-order valence-electron chi connectivity index (χ0n) is 17.2. The Balaban J connectivity index is 0.000000230. The van der Waals surface area contributed by atoms with Crippen LogP contribution in [0.4, 0.5) is 8.78 Å². The fraction of sp³-hybridized carbons (Fsp3) is 0.286. The number of H-pyrrole nitrogens is 1. The molecule has 1 fully saturated rings. The van der Waals surface area contributed by atoms with Gasteiger partial charge in [-0.3, -0.25) is 23.9 Å². The van der Waals surface area contributed by atoms with Gasteiger partial charge in [0.05, 0.1) is 11.9 Å². The van der Waals surface area contributed by atoms with Gasteiger partial charge in [0, 0.05) is 61.0 Å². The molecule has 0 atom stereocenters. The fourth-order valence-corrected chi connectivity index (χ4v) is 3.30. The number of hydrogen-bond donors (Lipinski definition) is 1. The van der Waals surface area contributed by atoms with Crippen LogP contribution in [0, 0.1) is 0 Å². The maximum atomic E-state index is 12.4. The van der Waals surface area contributed by atoms with E-state index in [1.54, 1.807) is 24.5 Å². The second-order valence-electron chi connectivity index (χ2n) is 7.52. The molecule has 1 N–H and O–H groups in total. The lowest BCUT2D eigenvalue weighted by atomic mass is 10.1. The van der Waals surface area contributed by atoms with Gasteiger partial charge < -0.3 is 4.90 Å². The third-order valence-corrected chi connectivity index (χ3v) is 5.12. The fourth-order valence-electron chi connectivity index (χ4n) is 3.30. The van der Waals surface area contributed by atoms with Gasteiger partial charge in [0.15, 0.2) is 12.1 Å². The van der Waals surface area contributed by atoms with Crippen LogP contribution < -0.4 is 5.76 Å². The van der Waals surface area contributed by atoms with E-state index in [0.717, 1.165) is 17.4 Å². The molecule has 5 heterocycles. The molecule has 4 aromatic heterocycles. The van der Waals surface area contributed by atoms with Crippen molar-refractivity contribution in [1.82, 2.24) is 29.6 Å². The second-order valence-corrected chi connectivity index (χ2v) is 7.52. The van der Waals surface area contributed by atoms with Gasteiger partial charge in [0.1, 0.15) is 5.65 Å². The Morgan fingerprint density at radius 3 is 2.62 bits per heavy atom.